The molecule has 1 rings (SSSR count). The number of hydrogen-bond acceptors (Lipinski definition) is 4. The zero-order valence-corrected chi connectivity index (χ0v) is 12.1. The van der Waals surface area contributed by atoms with E-state index in [1.165, 1.54) is 0 Å². The van der Waals surface area contributed by atoms with E-state index in [1.54, 1.807) is 24.3 Å². The van der Waals surface area contributed by atoms with Crippen LogP contribution >= 0.6 is 11.6 Å². The summed E-state index contributed by atoms with van der Waals surface area (Å²) in [4.78, 5) is 13.8. The molecule has 0 atom stereocenters. The Hall–Kier alpha value is -1.14. The van der Waals surface area contributed by atoms with E-state index in [9.17, 15) is 4.79 Å². The van der Waals surface area contributed by atoms with Crippen molar-refractivity contribution in [2.45, 2.75) is 12.8 Å². The van der Waals surface area contributed by atoms with Crippen molar-refractivity contribution < 1.29 is 15.0 Å². The molecule has 0 saturated carbocycles. The van der Waals surface area contributed by atoms with Gasteiger partial charge < -0.3 is 20.4 Å². The number of aliphatic hydroxyl groups is 2. The van der Waals surface area contributed by atoms with Gasteiger partial charge in [0.2, 0.25) is 5.91 Å². The number of carbonyl (C=O) groups excluding carboxylic acids is 1. The van der Waals surface area contributed by atoms with Crippen molar-refractivity contribution in [2.75, 3.05) is 38.2 Å². The second-order valence-electron chi connectivity index (χ2n) is 4.42. The third kappa shape index (κ3) is 6.34. The molecule has 0 aliphatic rings. The minimum absolute atomic E-state index is 0.0392. The lowest BCUT2D eigenvalue weighted by Crippen LogP contribution is -2.31. The van der Waals surface area contributed by atoms with Gasteiger partial charge in [-0.2, -0.15) is 0 Å². The van der Waals surface area contributed by atoms with Crippen molar-refractivity contribution >= 4 is 23.2 Å². The lowest BCUT2D eigenvalue weighted by Gasteiger charge is -2.20. The van der Waals surface area contributed by atoms with Gasteiger partial charge in [-0.3, -0.25) is 4.79 Å². The molecule has 0 saturated heterocycles. The van der Waals surface area contributed by atoms with Gasteiger partial charge >= 0.3 is 0 Å². The summed E-state index contributed by atoms with van der Waals surface area (Å²) >= 11 is 5.96. The van der Waals surface area contributed by atoms with Crippen LogP contribution in [0.5, 0.6) is 0 Å². The first-order valence-electron chi connectivity index (χ1n) is 6.66. The molecule has 0 unspecified atom stereocenters. The van der Waals surface area contributed by atoms with E-state index in [1.807, 2.05) is 4.90 Å². The summed E-state index contributed by atoms with van der Waals surface area (Å²) in [6.07, 6.45) is 0.947. The summed E-state index contributed by atoms with van der Waals surface area (Å²) in [5.74, 6) is -0.120. The number of hydrogen-bond donors (Lipinski definition) is 3. The zero-order valence-electron chi connectivity index (χ0n) is 11.4. The number of carbonyl (C=O) groups is 1. The van der Waals surface area contributed by atoms with Gasteiger partial charge in [-0.05, 0) is 18.6 Å². The summed E-state index contributed by atoms with van der Waals surface area (Å²) in [6.45, 7) is 1.85. The normalized spacial score (nSPS) is 10.8. The third-order valence-corrected chi connectivity index (χ3v) is 3.18. The van der Waals surface area contributed by atoms with Crippen LogP contribution in [0, 0.1) is 0 Å². The average molecular weight is 301 g/mol. The van der Waals surface area contributed by atoms with E-state index in [-0.39, 0.29) is 19.1 Å². The summed E-state index contributed by atoms with van der Waals surface area (Å²) < 4.78 is 0. The van der Waals surface area contributed by atoms with Crippen LogP contribution in [-0.4, -0.2) is 53.9 Å². The van der Waals surface area contributed by atoms with Crippen molar-refractivity contribution in [1.82, 2.24) is 4.90 Å². The highest BCUT2D eigenvalue weighted by Crippen LogP contribution is 2.20. The van der Waals surface area contributed by atoms with Gasteiger partial charge in [0, 0.05) is 32.7 Å². The Morgan fingerprint density at radius 2 is 1.90 bits per heavy atom. The summed E-state index contributed by atoms with van der Waals surface area (Å²) in [7, 11) is 0. The highest BCUT2D eigenvalue weighted by molar-refractivity contribution is 6.33. The molecule has 1 aromatic rings. The molecular formula is C14H21ClN2O3. The van der Waals surface area contributed by atoms with Crippen LogP contribution in [0.1, 0.15) is 12.8 Å². The molecule has 1 amide bonds. The predicted octanol–water partition coefficient (Wildman–Crippen LogP) is 1.35. The van der Waals surface area contributed by atoms with Crippen molar-refractivity contribution in [3.8, 4) is 0 Å². The topological polar surface area (TPSA) is 72.8 Å². The lowest BCUT2D eigenvalue weighted by molar-refractivity contribution is -0.116. The molecule has 0 bridgehead atoms. The Balaban J connectivity index is 2.39. The number of benzene rings is 1. The second kappa shape index (κ2) is 9.72. The number of halogens is 1. The van der Waals surface area contributed by atoms with E-state index in [2.05, 4.69) is 5.32 Å². The average Bonchev–Trinajstić information content (AvgIpc) is 2.44. The van der Waals surface area contributed by atoms with E-state index in [0.717, 1.165) is 0 Å². The van der Waals surface area contributed by atoms with Gasteiger partial charge in [0.15, 0.2) is 0 Å². The molecule has 6 heteroatoms. The molecule has 3 N–H and O–H groups in total. The molecule has 0 spiro atoms. The van der Waals surface area contributed by atoms with Crippen LogP contribution < -0.4 is 5.32 Å². The number of amides is 1. The standard InChI is InChI=1S/C14H21ClN2O3/c15-12-4-1-2-5-13(12)16-14(20)6-8-17(9-11-19)7-3-10-18/h1-2,4-5,18-19H,3,6-11H2,(H,16,20). The Bertz CT molecular complexity index is 415. The molecule has 0 aliphatic carbocycles. The highest BCUT2D eigenvalue weighted by Gasteiger charge is 2.09. The van der Waals surface area contributed by atoms with Crippen LogP contribution in [0.15, 0.2) is 24.3 Å². The summed E-state index contributed by atoms with van der Waals surface area (Å²) in [5, 5.41) is 21.0. The Labute approximate surface area is 124 Å². The number of anilines is 1. The van der Waals surface area contributed by atoms with E-state index < -0.39 is 0 Å². The van der Waals surface area contributed by atoms with Crippen molar-refractivity contribution in [2.24, 2.45) is 0 Å². The predicted molar refractivity (Wildman–Crippen MR) is 79.9 cm³/mol. The molecule has 0 fully saturated rings. The van der Waals surface area contributed by atoms with Crippen molar-refractivity contribution in [3.63, 3.8) is 0 Å². The number of para-hydroxylation sites is 1. The summed E-state index contributed by atoms with van der Waals surface area (Å²) in [5.41, 5.74) is 0.600. The first-order valence-corrected chi connectivity index (χ1v) is 7.03. The lowest BCUT2D eigenvalue weighted by atomic mass is 10.3. The molecule has 0 radical (unpaired) electrons. The SMILES string of the molecule is O=C(CCN(CCO)CCCO)Nc1ccccc1Cl. The molecule has 1 aromatic carbocycles. The smallest absolute Gasteiger partial charge is 0.225 e. The minimum atomic E-state index is -0.120. The number of nitrogens with zero attached hydrogens (tertiary/aromatic N) is 1. The molecule has 112 valence electrons. The van der Waals surface area contributed by atoms with Crippen LogP contribution in [0.2, 0.25) is 5.02 Å². The molecule has 0 aromatic heterocycles. The number of nitrogens with one attached hydrogen (secondary N) is 1. The molecular weight excluding hydrogens is 280 g/mol. The van der Waals surface area contributed by atoms with E-state index >= 15 is 0 Å². The Kier molecular flexibility index (Phi) is 8.22. The monoisotopic (exact) mass is 300 g/mol. The maximum absolute atomic E-state index is 11.8. The van der Waals surface area contributed by atoms with Crippen molar-refractivity contribution in [3.05, 3.63) is 29.3 Å². The highest BCUT2D eigenvalue weighted by atomic mass is 35.5. The van der Waals surface area contributed by atoms with Gasteiger partial charge in [0.25, 0.3) is 0 Å². The molecule has 0 heterocycles. The van der Waals surface area contributed by atoms with Gasteiger partial charge in [0.05, 0.1) is 17.3 Å². The number of rotatable bonds is 9. The van der Waals surface area contributed by atoms with Gasteiger partial charge in [-0.15, -0.1) is 0 Å². The minimum Gasteiger partial charge on any atom is -0.396 e. The van der Waals surface area contributed by atoms with Gasteiger partial charge in [-0.25, -0.2) is 0 Å². The third-order valence-electron chi connectivity index (χ3n) is 2.85. The zero-order chi connectivity index (χ0) is 14.8. The summed E-state index contributed by atoms with van der Waals surface area (Å²) in [6, 6.07) is 7.07. The second-order valence-corrected chi connectivity index (χ2v) is 4.83. The molecule has 20 heavy (non-hydrogen) atoms. The first kappa shape index (κ1) is 16.9. The van der Waals surface area contributed by atoms with Crippen molar-refractivity contribution in [1.29, 1.82) is 0 Å². The van der Waals surface area contributed by atoms with Gasteiger partial charge in [-0.1, -0.05) is 23.7 Å². The largest absolute Gasteiger partial charge is 0.396 e. The van der Waals surface area contributed by atoms with Gasteiger partial charge in [0.1, 0.15) is 0 Å². The maximum atomic E-state index is 11.8. The fourth-order valence-corrected chi connectivity index (χ4v) is 1.99. The number of aliphatic hydroxyl groups excluding tert-OH is 2. The first-order chi connectivity index (χ1) is 9.67. The van der Waals surface area contributed by atoms with Crippen LogP contribution in [0.4, 0.5) is 5.69 Å². The van der Waals surface area contributed by atoms with E-state index in [0.29, 0.717) is 43.2 Å². The van der Waals surface area contributed by atoms with Crippen LogP contribution in [0.3, 0.4) is 0 Å². The quantitative estimate of drug-likeness (QED) is 0.643. The maximum Gasteiger partial charge on any atom is 0.225 e. The fraction of sp³-hybridized carbons (Fsp3) is 0.500. The van der Waals surface area contributed by atoms with E-state index in [4.69, 9.17) is 21.8 Å². The van der Waals surface area contributed by atoms with Crippen LogP contribution in [-0.2, 0) is 4.79 Å². The molecule has 0 aliphatic heterocycles. The Morgan fingerprint density at radius 1 is 1.15 bits per heavy atom. The molecule has 5 nitrogen and oxygen atoms in total. The fourth-order valence-electron chi connectivity index (χ4n) is 1.81. The van der Waals surface area contributed by atoms with Crippen LogP contribution in [0.25, 0.3) is 0 Å². The Morgan fingerprint density at radius 3 is 2.55 bits per heavy atom.